The van der Waals surface area contributed by atoms with Crippen LogP contribution >= 0.6 is 0 Å². The Kier molecular flexibility index (Phi) is 7.97. The Bertz CT molecular complexity index is 538. The third-order valence-corrected chi connectivity index (χ3v) is 3.48. The van der Waals surface area contributed by atoms with Crippen molar-refractivity contribution in [2.24, 2.45) is 0 Å². The number of aliphatic hydroxyl groups is 1. The van der Waals surface area contributed by atoms with Crippen LogP contribution in [0.2, 0.25) is 0 Å². The molecule has 6 heteroatoms. The van der Waals surface area contributed by atoms with E-state index in [1.54, 1.807) is 18.2 Å². The molecular weight excluding hydrogens is 301 g/mol. The summed E-state index contributed by atoms with van der Waals surface area (Å²) in [6.07, 6.45) is 3.54. The van der Waals surface area contributed by atoms with Crippen molar-refractivity contribution in [1.82, 2.24) is 4.90 Å². The largest absolute Gasteiger partial charge is 0.469 e. The Morgan fingerprint density at radius 1 is 1.35 bits per heavy atom. The summed E-state index contributed by atoms with van der Waals surface area (Å²) in [4.78, 5) is 25.1. The first-order valence-corrected chi connectivity index (χ1v) is 7.43. The van der Waals surface area contributed by atoms with E-state index in [4.69, 9.17) is 0 Å². The van der Waals surface area contributed by atoms with Crippen molar-refractivity contribution in [3.8, 4) is 0 Å². The van der Waals surface area contributed by atoms with E-state index in [2.05, 4.69) is 4.74 Å². The van der Waals surface area contributed by atoms with Gasteiger partial charge in [-0.05, 0) is 30.2 Å². The molecule has 0 bridgehead atoms. The molecule has 0 radical (unpaired) electrons. The summed E-state index contributed by atoms with van der Waals surface area (Å²) in [6.45, 7) is 1.83. The average Bonchev–Trinajstić information content (AvgIpc) is 2.57. The quantitative estimate of drug-likeness (QED) is 0.587. The lowest BCUT2D eigenvalue weighted by Crippen LogP contribution is -2.42. The number of nitrogens with zero attached hydrogens (tertiary/aromatic N) is 1. The Hall–Kier alpha value is -2.21. The molecule has 0 aliphatic heterocycles. The molecule has 0 aliphatic rings. The number of carbonyl (C=O) groups is 2. The van der Waals surface area contributed by atoms with Gasteiger partial charge in [0.15, 0.2) is 0 Å². The molecule has 1 rings (SSSR count). The molecule has 23 heavy (non-hydrogen) atoms. The van der Waals surface area contributed by atoms with E-state index in [0.717, 1.165) is 0 Å². The maximum atomic E-state index is 12.9. The lowest BCUT2D eigenvalue weighted by molar-refractivity contribution is -0.142. The van der Waals surface area contributed by atoms with Crippen molar-refractivity contribution in [3.05, 3.63) is 41.7 Å². The molecule has 1 N–H and O–H groups in total. The minimum absolute atomic E-state index is 0.0587. The minimum Gasteiger partial charge on any atom is -0.469 e. The number of carbonyl (C=O) groups excluding carboxylic acids is 2. The molecule has 0 saturated heterocycles. The normalized spacial score (nSPS) is 12.2. The lowest BCUT2D eigenvalue weighted by Gasteiger charge is -2.28. The van der Waals surface area contributed by atoms with Crippen LogP contribution in [0.15, 0.2) is 30.3 Å². The lowest BCUT2D eigenvalue weighted by atomic mass is 10.1. The Labute approximate surface area is 135 Å². The topological polar surface area (TPSA) is 66.8 Å². The molecule has 0 fully saturated rings. The Morgan fingerprint density at radius 2 is 2.00 bits per heavy atom. The predicted molar refractivity (Wildman–Crippen MR) is 84.9 cm³/mol. The van der Waals surface area contributed by atoms with Crippen molar-refractivity contribution in [2.75, 3.05) is 20.3 Å². The van der Waals surface area contributed by atoms with E-state index in [0.29, 0.717) is 12.0 Å². The van der Waals surface area contributed by atoms with E-state index < -0.39 is 5.97 Å². The van der Waals surface area contributed by atoms with Crippen LogP contribution in [0, 0.1) is 5.82 Å². The number of hydrogen-bond acceptors (Lipinski definition) is 4. The van der Waals surface area contributed by atoms with Gasteiger partial charge in [-0.3, -0.25) is 9.59 Å². The highest BCUT2D eigenvalue weighted by atomic mass is 19.1. The van der Waals surface area contributed by atoms with Gasteiger partial charge in [-0.25, -0.2) is 4.39 Å². The molecule has 0 heterocycles. The van der Waals surface area contributed by atoms with Crippen LogP contribution in [-0.4, -0.2) is 48.2 Å². The number of hydrogen-bond donors (Lipinski definition) is 1. The van der Waals surface area contributed by atoms with Crippen molar-refractivity contribution in [3.63, 3.8) is 0 Å². The van der Waals surface area contributed by atoms with Crippen LogP contribution in [0.1, 0.15) is 25.3 Å². The second-order valence-electron chi connectivity index (χ2n) is 4.99. The number of halogens is 1. The van der Waals surface area contributed by atoms with Gasteiger partial charge in [0.25, 0.3) is 0 Å². The van der Waals surface area contributed by atoms with E-state index in [-0.39, 0.29) is 37.3 Å². The molecule has 0 saturated carbocycles. The third-order valence-electron chi connectivity index (χ3n) is 3.48. The number of amides is 1. The maximum Gasteiger partial charge on any atom is 0.307 e. The first-order chi connectivity index (χ1) is 11.0. The summed E-state index contributed by atoms with van der Waals surface area (Å²) in [5.41, 5.74) is 0.685. The number of esters is 1. The van der Waals surface area contributed by atoms with E-state index in [9.17, 15) is 19.1 Å². The number of ether oxygens (including phenoxy) is 1. The zero-order valence-electron chi connectivity index (χ0n) is 13.4. The monoisotopic (exact) mass is 323 g/mol. The number of methoxy groups -OCH3 is 1. The first kappa shape index (κ1) is 18.8. The van der Waals surface area contributed by atoms with Gasteiger partial charge in [-0.2, -0.15) is 0 Å². The second kappa shape index (κ2) is 9.74. The maximum absolute atomic E-state index is 12.9. The first-order valence-electron chi connectivity index (χ1n) is 7.43. The molecule has 0 aromatic heterocycles. The highest BCUT2D eigenvalue weighted by Gasteiger charge is 2.21. The number of aliphatic hydroxyl groups excluding tert-OH is 1. The highest BCUT2D eigenvalue weighted by molar-refractivity contribution is 5.92. The summed E-state index contributed by atoms with van der Waals surface area (Å²) in [7, 11) is 1.28. The van der Waals surface area contributed by atoms with Gasteiger partial charge in [0.1, 0.15) is 5.82 Å². The zero-order chi connectivity index (χ0) is 17.2. The van der Waals surface area contributed by atoms with Crippen molar-refractivity contribution < 1.29 is 23.8 Å². The Morgan fingerprint density at radius 3 is 2.52 bits per heavy atom. The van der Waals surface area contributed by atoms with E-state index >= 15 is 0 Å². The van der Waals surface area contributed by atoms with E-state index in [1.807, 2.05) is 6.92 Å². The fourth-order valence-corrected chi connectivity index (χ4v) is 2.07. The van der Waals surface area contributed by atoms with E-state index in [1.165, 1.54) is 30.2 Å². The van der Waals surface area contributed by atoms with Gasteiger partial charge in [0, 0.05) is 12.6 Å². The summed E-state index contributed by atoms with van der Waals surface area (Å²) in [5.74, 6) is -1.09. The summed E-state index contributed by atoms with van der Waals surface area (Å²) in [6, 6.07) is 5.36. The van der Waals surface area contributed by atoms with Crippen molar-refractivity contribution in [2.45, 2.75) is 25.8 Å². The van der Waals surface area contributed by atoms with Crippen molar-refractivity contribution >= 4 is 18.0 Å². The fraction of sp³-hybridized carbons (Fsp3) is 0.412. The zero-order valence-corrected chi connectivity index (χ0v) is 13.4. The molecule has 1 aromatic rings. The standard InChI is InChI=1S/C17H22FNO4/c1-3-15(12-20)19(11-10-17(22)23-2)16(21)9-6-13-4-7-14(18)8-5-13/h4-9,15,20H,3,10-12H2,1-2H3/b9-6+. The van der Waals surface area contributed by atoms with Gasteiger partial charge < -0.3 is 14.7 Å². The highest BCUT2D eigenvalue weighted by Crippen LogP contribution is 2.09. The van der Waals surface area contributed by atoms with Crippen LogP contribution < -0.4 is 0 Å². The molecule has 1 aromatic carbocycles. The molecule has 1 amide bonds. The average molecular weight is 323 g/mol. The molecule has 126 valence electrons. The van der Waals surface area contributed by atoms with Crippen LogP contribution in [0.25, 0.3) is 6.08 Å². The minimum atomic E-state index is -0.418. The summed E-state index contributed by atoms with van der Waals surface area (Å²) >= 11 is 0. The van der Waals surface area contributed by atoms with Crippen LogP contribution in [0.4, 0.5) is 4.39 Å². The molecule has 0 aliphatic carbocycles. The Balaban J connectivity index is 2.80. The molecular formula is C17H22FNO4. The van der Waals surface area contributed by atoms with Crippen LogP contribution in [-0.2, 0) is 14.3 Å². The van der Waals surface area contributed by atoms with Crippen molar-refractivity contribution in [1.29, 1.82) is 0 Å². The predicted octanol–water partition coefficient (Wildman–Crippen LogP) is 2.00. The summed E-state index contributed by atoms with van der Waals surface area (Å²) < 4.78 is 17.4. The van der Waals surface area contributed by atoms with Gasteiger partial charge in [-0.1, -0.05) is 19.1 Å². The van der Waals surface area contributed by atoms with Crippen LogP contribution in [0.3, 0.4) is 0 Å². The molecule has 0 spiro atoms. The smallest absolute Gasteiger partial charge is 0.307 e. The van der Waals surface area contributed by atoms with Gasteiger partial charge >= 0.3 is 5.97 Å². The molecule has 1 unspecified atom stereocenters. The molecule has 1 atom stereocenters. The second-order valence-corrected chi connectivity index (χ2v) is 4.99. The number of benzene rings is 1. The van der Waals surface area contributed by atoms with Crippen LogP contribution in [0.5, 0.6) is 0 Å². The van der Waals surface area contributed by atoms with Gasteiger partial charge in [0.2, 0.25) is 5.91 Å². The molecule has 5 nitrogen and oxygen atoms in total. The SMILES string of the molecule is CCC(CO)N(CCC(=O)OC)C(=O)/C=C/c1ccc(F)cc1. The third kappa shape index (κ3) is 6.20. The summed E-state index contributed by atoms with van der Waals surface area (Å²) in [5, 5.41) is 9.41. The van der Waals surface area contributed by atoms with Gasteiger partial charge in [0.05, 0.1) is 26.2 Å². The van der Waals surface area contributed by atoms with Gasteiger partial charge in [-0.15, -0.1) is 0 Å². The fourth-order valence-electron chi connectivity index (χ4n) is 2.07. The number of rotatable bonds is 8.